The molecule has 7 heteroatoms. The van der Waals surface area contributed by atoms with Crippen molar-refractivity contribution in [3.05, 3.63) is 57.7 Å². The quantitative estimate of drug-likeness (QED) is 0.703. The molecule has 0 saturated carbocycles. The average molecular weight is 398 g/mol. The van der Waals surface area contributed by atoms with Crippen LogP contribution in [0.25, 0.3) is 10.6 Å². The first-order valence-corrected chi connectivity index (χ1v) is 10.6. The zero-order valence-electron chi connectivity index (χ0n) is 14.7. The molecule has 1 aliphatic heterocycles. The minimum absolute atomic E-state index is 0.0403. The number of anilines is 1. The molecule has 5 nitrogen and oxygen atoms in total. The van der Waals surface area contributed by atoms with E-state index in [9.17, 15) is 9.59 Å². The van der Waals surface area contributed by atoms with Crippen molar-refractivity contribution in [1.29, 1.82) is 0 Å². The van der Waals surface area contributed by atoms with E-state index in [-0.39, 0.29) is 24.7 Å². The largest absolute Gasteiger partial charge is 0.338 e. The molecule has 3 aromatic rings. The van der Waals surface area contributed by atoms with Crippen LogP contribution in [0.5, 0.6) is 0 Å². The number of hydrogen-bond acceptors (Lipinski definition) is 5. The first kappa shape index (κ1) is 17.9. The Morgan fingerprint density at radius 2 is 2.07 bits per heavy atom. The van der Waals surface area contributed by atoms with Crippen LogP contribution >= 0.6 is 22.7 Å². The molecule has 0 unspecified atom stereocenters. The van der Waals surface area contributed by atoms with Gasteiger partial charge in [0.05, 0.1) is 0 Å². The summed E-state index contributed by atoms with van der Waals surface area (Å²) in [6.45, 7) is 1.40. The van der Waals surface area contributed by atoms with Crippen LogP contribution in [0, 0.1) is 0 Å². The third kappa shape index (κ3) is 4.26. The van der Waals surface area contributed by atoms with Crippen LogP contribution in [0.2, 0.25) is 0 Å². The number of carbonyl (C=O) groups is 2. The van der Waals surface area contributed by atoms with E-state index < -0.39 is 0 Å². The molecule has 3 heterocycles. The number of thiophene rings is 1. The Labute approximate surface area is 165 Å². The van der Waals surface area contributed by atoms with Gasteiger partial charge < -0.3 is 10.2 Å². The molecule has 2 amide bonds. The van der Waals surface area contributed by atoms with Crippen LogP contribution in [0.4, 0.5) is 5.69 Å². The van der Waals surface area contributed by atoms with Crippen molar-refractivity contribution < 1.29 is 9.59 Å². The zero-order chi connectivity index (χ0) is 18.6. The van der Waals surface area contributed by atoms with Crippen molar-refractivity contribution in [2.24, 2.45) is 0 Å². The van der Waals surface area contributed by atoms with Crippen LogP contribution in [0.1, 0.15) is 23.3 Å². The second kappa shape index (κ2) is 8.02. The van der Waals surface area contributed by atoms with Gasteiger partial charge in [0.25, 0.3) is 0 Å². The lowest BCUT2D eigenvalue weighted by atomic mass is 10.1. The van der Waals surface area contributed by atoms with Crippen molar-refractivity contribution in [1.82, 2.24) is 9.88 Å². The minimum Gasteiger partial charge on any atom is -0.338 e. The Balaban J connectivity index is 1.30. The second-order valence-corrected chi connectivity index (χ2v) is 8.30. The number of hydrogen-bond donors (Lipinski definition) is 1. The summed E-state index contributed by atoms with van der Waals surface area (Å²) < 4.78 is 0. The van der Waals surface area contributed by atoms with Gasteiger partial charge in [-0.15, -0.1) is 22.7 Å². The van der Waals surface area contributed by atoms with E-state index in [1.165, 1.54) is 10.4 Å². The fourth-order valence-electron chi connectivity index (χ4n) is 3.16. The van der Waals surface area contributed by atoms with Crippen LogP contribution in [-0.2, 0) is 22.6 Å². The molecule has 4 rings (SSSR count). The third-order valence-electron chi connectivity index (χ3n) is 4.55. The van der Waals surface area contributed by atoms with Crippen LogP contribution in [-0.4, -0.2) is 28.2 Å². The predicted molar refractivity (Wildman–Crippen MR) is 109 cm³/mol. The minimum atomic E-state index is -0.145. The predicted octanol–water partition coefficient (Wildman–Crippen LogP) is 4.18. The van der Waals surface area contributed by atoms with E-state index in [1.807, 2.05) is 34.5 Å². The summed E-state index contributed by atoms with van der Waals surface area (Å²) in [5.74, 6) is -0.105. The Hall–Kier alpha value is -2.51. The van der Waals surface area contributed by atoms with Gasteiger partial charge in [-0.1, -0.05) is 12.1 Å². The van der Waals surface area contributed by atoms with E-state index in [1.54, 1.807) is 28.9 Å². The number of carbonyl (C=O) groups excluding carboxylic acids is 2. The summed E-state index contributed by atoms with van der Waals surface area (Å²) in [6.07, 6.45) is 3.09. The van der Waals surface area contributed by atoms with E-state index in [2.05, 4.69) is 21.7 Å². The highest BCUT2D eigenvalue weighted by atomic mass is 32.1. The first-order chi connectivity index (χ1) is 13.2. The van der Waals surface area contributed by atoms with Crippen molar-refractivity contribution in [3.63, 3.8) is 0 Å². The van der Waals surface area contributed by atoms with E-state index >= 15 is 0 Å². The van der Waals surface area contributed by atoms with E-state index in [0.717, 1.165) is 29.2 Å². The molecule has 0 atom stereocenters. The van der Waals surface area contributed by atoms with Gasteiger partial charge in [0, 0.05) is 53.6 Å². The lowest BCUT2D eigenvalue weighted by Crippen LogP contribution is -2.35. The van der Waals surface area contributed by atoms with E-state index in [0.29, 0.717) is 6.54 Å². The summed E-state index contributed by atoms with van der Waals surface area (Å²) >= 11 is 3.31. The van der Waals surface area contributed by atoms with Gasteiger partial charge in [-0.2, -0.15) is 0 Å². The smallest absolute Gasteiger partial charge is 0.224 e. The maximum absolute atomic E-state index is 12.4. The number of aromatic nitrogens is 1. The van der Waals surface area contributed by atoms with Gasteiger partial charge in [0.15, 0.2) is 0 Å². The van der Waals surface area contributed by atoms with Gasteiger partial charge in [-0.25, -0.2) is 4.98 Å². The Bertz CT molecular complexity index is 950. The molecule has 1 N–H and O–H groups in total. The van der Waals surface area contributed by atoms with Crippen LogP contribution < -0.4 is 5.32 Å². The topological polar surface area (TPSA) is 62.3 Å². The summed E-state index contributed by atoms with van der Waals surface area (Å²) in [7, 11) is 0. The van der Waals surface area contributed by atoms with Gasteiger partial charge in [0.1, 0.15) is 5.01 Å². The maximum atomic E-state index is 12.4. The highest BCUT2D eigenvalue weighted by Crippen LogP contribution is 2.25. The molecule has 138 valence electrons. The molecule has 27 heavy (non-hydrogen) atoms. The average Bonchev–Trinajstić information content (AvgIpc) is 3.37. The van der Waals surface area contributed by atoms with Crippen molar-refractivity contribution in [2.45, 2.75) is 25.8 Å². The molecule has 1 aromatic carbocycles. The van der Waals surface area contributed by atoms with Crippen molar-refractivity contribution in [3.8, 4) is 10.6 Å². The maximum Gasteiger partial charge on any atom is 0.224 e. The van der Waals surface area contributed by atoms with Crippen LogP contribution in [0.15, 0.2) is 47.3 Å². The van der Waals surface area contributed by atoms with Crippen LogP contribution in [0.3, 0.4) is 0 Å². The molecule has 0 fully saturated rings. The zero-order valence-corrected chi connectivity index (χ0v) is 16.3. The molecular weight excluding hydrogens is 378 g/mol. The summed E-state index contributed by atoms with van der Waals surface area (Å²) in [4.78, 5) is 32.2. The highest BCUT2D eigenvalue weighted by molar-refractivity contribution is 7.13. The molecule has 0 saturated heterocycles. The van der Waals surface area contributed by atoms with E-state index in [4.69, 9.17) is 0 Å². The fraction of sp³-hybridized carbons (Fsp3) is 0.250. The number of amides is 2. The third-order valence-corrected chi connectivity index (χ3v) is 6.40. The molecule has 0 bridgehead atoms. The fourth-order valence-corrected chi connectivity index (χ4v) is 4.68. The molecule has 2 aromatic heterocycles. The lowest BCUT2D eigenvalue weighted by molar-refractivity contribution is -0.133. The van der Waals surface area contributed by atoms with Gasteiger partial charge in [0.2, 0.25) is 11.8 Å². The normalized spacial score (nSPS) is 13.3. The van der Waals surface area contributed by atoms with Crippen molar-refractivity contribution >= 4 is 40.2 Å². The number of rotatable bonds is 5. The summed E-state index contributed by atoms with van der Waals surface area (Å²) in [5.41, 5.74) is 2.93. The number of thiazole rings is 1. The number of nitrogens with one attached hydrogen (secondary N) is 1. The second-order valence-electron chi connectivity index (χ2n) is 6.40. The summed E-state index contributed by atoms with van der Waals surface area (Å²) in [5, 5.41) is 7.80. The van der Waals surface area contributed by atoms with Gasteiger partial charge in [-0.3, -0.25) is 9.59 Å². The number of benzene rings is 1. The molecule has 0 radical (unpaired) electrons. The standard InChI is InChI=1S/C20H19N3O2S2/c24-18(22-16-3-1-2-14(12-16)20-21-8-11-27-20)4-5-19(25)23-9-6-17-15(13-23)7-10-26-17/h1-3,7-8,10-12H,4-6,9,13H2,(H,22,24). The van der Waals surface area contributed by atoms with Gasteiger partial charge >= 0.3 is 0 Å². The van der Waals surface area contributed by atoms with Crippen molar-refractivity contribution in [2.75, 3.05) is 11.9 Å². The Morgan fingerprint density at radius 1 is 1.15 bits per heavy atom. The highest BCUT2D eigenvalue weighted by Gasteiger charge is 2.21. The number of fused-ring (bicyclic) bond motifs is 1. The Kier molecular flexibility index (Phi) is 5.31. The molecule has 0 spiro atoms. The molecule has 1 aliphatic rings. The Morgan fingerprint density at radius 3 is 2.93 bits per heavy atom. The lowest BCUT2D eigenvalue weighted by Gasteiger charge is -2.27. The number of nitrogens with zero attached hydrogens (tertiary/aromatic N) is 2. The SMILES string of the molecule is O=C(CCC(=O)N1CCc2sccc2C1)Nc1cccc(-c2nccs2)c1. The van der Waals surface area contributed by atoms with Gasteiger partial charge in [-0.05, 0) is 35.6 Å². The molecular formula is C20H19N3O2S2. The molecule has 0 aliphatic carbocycles. The summed E-state index contributed by atoms with van der Waals surface area (Å²) in [6, 6.07) is 9.69. The monoisotopic (exact) mass is 397 g/mol. The first-order valence-electron chi connectivity index (χ1n) is 8.82.